The molecule has 19 aromatic rings. The molecule has 0 fully saturated rings. The summed E-state index contributed by atoms with van der Waals surface area (Å²) in [5.41, 5.74) is 18.1. The van der Waals surface area contributed by atoms with Crippen molar-refractivity contribution >= 4 is 65.9 Å². The van der Waals surface area contributed by atoms with E-state index in [4.69, 9.17) is 13.3 Å². The maximum atomic E-state index is 14.0. The van der Waals surface area contributed by atoms with Gasteiger partial charge in [-0.3, -0.25) is 15.0 Å². The molecule has 32 heteroatoms. The van der Waals surface area contributed by atoms with Crippen molar-refractivity contribution < 1.29 is 123 Å². The largest absolute Gasteiger partial charge is 0.490 e. The van der Waals surface area contributed by atoms with Crippen molar-refractivity contribution in [1.29, 1.82) is 0 Å². The molecule has 0 unspecified atom stereocenters. The minimum Gasteiger partial charge on any atom is -0.490 e. The fourth-order valence-corrected chi connectivity index (χ4v) is 13.2. The van der Waals surface area contributed by atoms with Gasteiger partial charge in [-0.2, -0.15) is 36.8 Å². The Bertz CT molecular complexity index is 6470. The number of thiazole rings is 1. The number of halogens is 2. The molecule has 0 saturated heterocycles. The zero-order valence-corrected chi connectivity index (χ0v) is 76.2. The van der Waals surface area contributed by atoms with Gasteiger partial charge < -0.3 is 40.7 Å². The first-order valence-electron chi connectivity index (χ1n) is 34.8. The number of para-hydroxylation sites is 2. The molecule has 0 N–H and O–H groups in total. The van der Waals surface area contributed by atoms with Crippen LogP contribution >= 0.6 is 11.3 Å². The summed E-state index contributed by atoms with van der Waals surface area (Å²) < 4.78 is 56.8. The van der Waals surface area contributed by atoms with Crippen LogP contribution in [0.25, 0.3) is 140 Å². The number of aryl methyl sites for hydroxylation is 7. The number of benzene rings is 9. The monoisotopic (exact) mass is 2440 g/mol. The van der Waals surface area contributed by atoms with Gasteiger partial charge in [-0.25, -0.2) is 18.7 Å². The average molecular weight is 2440 g/mol. The molecule has 0 spiro atoms. The second-order valence-electron chi connectivity index (χ2n) is 27.0. The standard InChI is InChI=1S/C23H26N5.C18H15N4O.C16H9F2N4S.C16H11N4O.C10H7N4O.5Ir/c1-14-10-18(23(4,5)6)11-15(2)21(14)28-13-24-26-22(28)17-8-9-19-20(12-17)27(7)16(3)25-19;1-12(2)22-11-19-21-17(22)14-8-9-16-15(10-14)20-18(23-16)13-6-4-3-5-7-13;1-9-20-13-7-10(5-6-14(13)23-9)16-21-19-8-22(16)15-11(17)3-2-4-12(15)18;1-11-18-14-8-7-12(9-15(14)21-11)16-19-17-10-20(16)13-5-3-2-4-6-13;1-14-5-12-13-10(14)7-2-3-9-8(4-7)11-6-15-9;;;;;/h9-13H,1-7H3;3-7,9-12H,1-2H3;2-4,6-8H,1H3;2-6,8-10H,1H3;3-6H,1H3;;;;;/q5*-1;;;;;. The summed E-state index contributed by atoms with van der Waals surface area (Å²) in [6.07, 6.45) is 9.55. The van der Waals surface area contributed by atoms with Crippen LogP contribution in [-0.4, -0.2) is 103 Å². The van der Waals surface area contributed by atoms with Gasteiger partial charge in [-0.05, 0) is 116 Å². The summed E-state index contributed by atoms with van der Waals surface area (Å²) in [4.78, 5) is 21.9. The molecule has 10 heterocycles. The van der Waals surface area contributed by atoms with Gasteiger partial charge in [-0.1, -0.05) is 81.4 Å². The number of hydrogen-bond donors (Lipinski definition) is 0. The van der Waals surface area contributed by atoms with Gasteiger partial charge in [0, 0.05) is 167 Å². The number of rotatable bonds is 10. The number of aromatic nitrogens is 21. The number of imidazole rings is 1. The molecule has 9 aromatic carbocycles. The Balaban J connectivity index is 0.000000152. The van der Waals surface area contributed by atoms with Crippen molar-refractivity contribution in [3.05, 3.63) is 265 Å². The second-order valence-corrected chi connectivity index (χ2v) is 28.3. The zero-order valence-electron chi connectivity index (χ0n) is 63.4. The van der Waals surface area contributed by atoms with Crippen LogP contribution in [0.3, 0.4) is 0 Å². The minimum absolute atomic E-state index is 0. The third-order valence-corrected chi connectivity index (χ3v) is 18.9. The van der Waals surface area contributed by atoms with E-state index in [1.54, 1.807) is 54.8 Å². The predicted octanol–water partition coefficient (Wildman–Crippen LogP) is 17.5. The zero-order chi connectivity index (χ0) is 76.5. The van der Waals surface area contributed by atoms with E-state index >= 15 is 0 Å². The molecule has 0 saturated carbocycles. The van der Waals surface area contributed by atoms with Crippen LogP contribution in [0.4, 0.5) is 8.78 Å². The number of hydrogen-bond acceptors (Lipinski definition) is 19. The molecule has 0 aliphatic carbocycles. The van der Waals surface area contributed by atoms with Crippen LogP contribution in [0.5, 0.6) is 0 Å². The van der Waals surface area contributed by atoms with E-state index in [1.165, 1.54) is 52.2 Å². The maximum Gasteiger partial charge on any atom is 0.216 e. The fourth-order valence-electron chi connectivity index (χ4n) is 12.4. The van der Waals surface area contributed by atoms with Crippen molar-refractivity contribution in [3.63, 3.8) is 0 Å². The van der Waals surface area contributed by atoms with Crippen LogP contribution in [-0.2, 0) is 120 Å². The van der Waals surface area contributed by atoms with Crippen molar-refractivity contribution in [3.8, 4) is 85.5 Å². The third kappa shape index (κ3) is 18.8. The quantitative estimate of drug-likeness (QED) is 0.115. The van der Waals surface area contributed by atoms with Crippen LogP contribution in [0.2, 0.25) is 0 Å². The first-order chi connectivity index (χ1) is 53.2. The molecule has 0 amide bonds. The van der Waals surface area contributed by atoms with Crippen molar-refractivity contribution in [1.82, 2.24) is 103 Å². The Kier molecular flexibility index (Phi) is 28.3. The Morgan fingerprint density at radius 2 is 0.991 bits per heavy atom. The smallest absolute Gasteiger partial charge is 0.216 e. The van der Waals surface area contributed by atoms with E-state index < -0.39 is 11.6 Å². The van der Waals surface area contributed by atoms with Gasteiger partial charge in [0.15, 0.2) is 12.3 Å². The maximum absolute atomic E-state index is 14.0. The molecule has 115 heavy (non-hydrogen) atoms. The Morgan fingerprint density at radius 3 is 1.64 bits per heavy atom. The van der Waals surface area contributed by atoms with Crippen LogP contribution < -0.4 is 0 Å². The number of oxazole rings is 3. The number of nitrogens with zero attached hydrogens (tertiary/aromatic N) is 21. The van der Waals surface area contributed by atoms with Crippen molar-refractivity contribution in [2.24, 2.45) is 14.1 Å². The molecule has 0 bridgehead atoms. The summed E-state index contributed by atoms with van der Waals surface area (Å²) in [5.74, 6) is 4.22. The van der Waals surface area contributed by atoms with E-state index in [1.807, 2.05) is 146 Å². The summed E-state index contributed by atoms with van der Waals surface area (Å²) in [6.45, 7) is 21.0. The second kappa shape index (κ2) is 37.4. The van der Waals surface area contributed by atoms with E-state index in [0.717, 1.165) is 122 Å². The van der Waals surface area contributed by atoms with Gasteiger partial charge in [0.05, 0.1) is 56.7 Å². The number of fused-ring (bicyclic) bond motifs is 5. The Hall–Kier alpha value is -10.4. The average Bonchev–Trinajstić information content (AvgIpc) is 1.81. The van der Waals surface area contributed by atoms with Crippen molar-refractivity contribution in [2.75, 3.05) is 0 Å². The molecular formula is C83H68F2Ir5N21O3S-5. The van der Waals surface area contributed by atoms with Gasteiger partial charge in [0.1, 0.15) is 49.0 Å². The van der Waals surface area contributed by atoms with E-state index in [9.17, 15) is 8.78 Å². The van der Waals surface area contributed by atoms with E-state index in [2.05, 4.69) is 182 Å². The molecule has 24 nitrogen and oxygen atoms in total. The van der Waals surface area contributed by atoms with Crippen LogP contribution in [0.1, 0.15) is 74.1 Å². The summed E-state index contributed by atoms with van der Waals surface area (Å²) >= 11 is 1.56. The molecule has 0 aliphatic rings. The molecule has 0 aliphatic heterocycles. The SMILES string of the molecule is CC(C)n1cnnc1-c1[c-]cc2oc(-c3ccccc3)nc2c1.Cc1cc(C(C)(C)C)cc(C)c1-n1cnnc1-c1[c-]cc2nc(C)n(C)c2c1.Cc1nc2c[c-]c(-c3nncn3-c3ccccc3)cc2o1.Cc1nc2cc(-c3nncn3-c3c(F)cccc3F)[c-]cc2s1.Cn1cnnc1-c1[c-]cc2ocnc2c1.[Ir].[Ir].[Ir].[Ir].[Ir]. The van der Waals surface area contributed by atoms with Crippen LogP contribution in [0.15, 0.2) is 203 Å². The Labute approximate surface area is 730 Å². The first-order valence-corrected chi connectivity index (χ1v) is 35.6. The molecular weight excluding hydrogens is 2370 g/mol. The molecule has 0 atom stereocenters. The van der Waals surface area contributed by atoms with Gasteiger partial charge in [0.25, 0.3) is 0 Å². The van der Waals surface area contributed by atoms with Crippen LogP contribution in [0, 0.1) is 76.6 Å². The predicted molar refractivity (Wildman–Crippen MR) is 415 cm³/mol. The molecule has 593 valence electrons. The minimum atomic E-state index is -0.684. The van der Waals surface area contributed by atoms with Crippen molar-refractivity contribution in [2.45, 2.75) is 80.7 Å². The fraction of sp³-hybridized carbons (Fsp3) is 0.169. The first kappa shape index (κ1) is 87.0. The van der Waals surface area contributed by atoms with E-state index in [-0.39, 0.29) is 118 Å². The van der Waals surface area contributed by atoms with E-state index in [0.29, 0.717) is 28.8 Å². The summed E-state index contributed by atoms with van der Waals surface area (Å²) in [6, 6.07) is 62.9. The van der Waals surface area contributed by atoms with Gasteiger partial charge >= 0.3 is 0 Å². The normalized spacial score (nSPS) is 10.9. The summed E-state index contributed by atoms with van der Waals surface area (Å²) in [5, 5.41) is 41.5. The molecule has 10 aromatic heterocycles. The summed E-state index contributed by atoms with van der Waals surface area (Å²) in [7, 11) is 3.91. The molecule has 5 radical (unpaired) electrons. The van der Waals surface area contributed by atoms with Gasteiger partial charge in [0.2, 0.25) is 5.89 Å². The topological polar surface area (TPSA) is 262 Å². The molecule has 19 rings (SSSR count). The third-order valence-electron chi connectivity index (χ3n) is 18.0. The Morgan fingerprint density at radius 1 is 0.461 bits per heavy atom. The van der Waals surface area contributed by atoms with Gasteiger partial charge in [-0.15, -0.1) is 138 Å².